The van der Waals surface area contributed by atoms with Gasteiger partial charge in [-0.25, -0.2) is 0 Å². The number of benzene rings is 2. The molecule has 0 spiro atoms. The molecule has 0 saturated heterocycles. The molecular weight excluding hydrogens is 349 g/mol. The summed E-state index contributed by atoms with van der Waals surface area (Å²) in [6.07, 6.45) is -4.07. The normalized spacial score (nSPS) is 19.6. The van der Waals surface area contributed by atoms with Crippen molar-refractivity contribution in [2.75, 3.05) is 0 Å². The lowest BCUT2D eigenvalue weighted by molar-refractivity contribution is -0.352. The number of hydrogen-bond donors (Lipinski definition) is 0. The average Bonchev–Trinajstić information content (AvgIpc) is 3.31. The minimum Gasteiger partial charge on any atom is -0.418 e. The Morgan fingerprint density at radius 1 is 0.846 bits per heavy atom. The van der Waals surface area contributed by atoms with Crippen LogP contribution in [0, 0.1) is 0 Å². The maximum absolute atomic E-state index is 14.0. The molecule has 2 aromatic carbocycles. The summed E-state index contributed by atoms with van der Waals surface area (Å²) in [5, 5.41) is 7.22. The van der Waals surface area contributed by atoms with Crippen LogP contribution in [-0.2, 0) is 15.4 Å². The fourth-order valence-corrected chi connectivity index (χ4v) is 2.61. The molecule has 0 bridgehead atoms. The zero-order valence-corrected chi connectivity index (χ0v) is 13.1. The highest BCUT2D eigenvalue weighted by Crippen LogP contribution is 2.49. The van der Waals surface area contributed by atoms with Crippen molar-refractivity contribution < 1.29 is 27.3 Å². The van der Waals surface area contributed by atoms with Gasteiger partial charge in [0.15, 0.2) is 0 Å². The fraction of sp³-hybridized carbons (Fsp3) is 0.111. The molecule has 8 heteroatoms. The molecule has 1 aromatic heterocycles. The lowest BCUT2D eigenvalue weighted by atomic mass is 10.0. The van der Waals surface area contributed by atoms with Crippen molar-refractivity contribution in [3.8, 4) is 11.3 Å². The summed E-state index contributed by atoms with van der Waals surface area (Å²) < 4.78 is 51.9. The van der Waals surface area contributed by atoms with Crippen molar-refractivity contribution >= 4 is 5.90 Å². The molecule has 0 fully saturated rings. The molecule has 0 amide bonds. The van der Waals surface area contributed by atoms with Crippen LogP contribution in [0.3, 0.4) is 0 Å². The number of ether oxygens (including phenoxy) is 1. The topological polar surface area (TPSA) is 56.9 Å². The highest BCUT2D eigenvalue weighted by Gasteiger charge is 2.67. The van der Waals surface area contributed by atoms with E-state index in [-0.39, 0.29) is 11.6 Å². The molecule has 3 aromatic rings. The van der Waals surface area contributed by atoms with Crippen molar-refractivity contribution in [2.45, 2.75) is 12.0 Å². The van der Waals surface area contributed by atoms with E-state index in [1.165, 1.54) is 0 Å². The summed E-state index contributed by atoms with van der Waals surface area (Å²) in [5.41, 5.74) is 0.342. The molecule has 1 unspecified atom stereocenters. The maximum Gasteiger partial charge on any atom is 0.475 e. The van der Waals surface area contributed by atoms with Crippen molar-refractivity contribution in [1.29, 1.82) is 0 Å². The number of halogens is 3. The summed E-state index contributed by atoms with van der Waals surface area (Å²) >= 11 is 0. The van der Waals surface area contributed by atoms with Gasteiger partial charge in [0.2, 0.25) is 0 Å². The Labute approximate surface area is 145 Å². The Hall–Kier alpha value is -3.29. The first-order valence-corrected chi connectivity index (χ1v) is 7.59. The lowest BCUT2D eigenvalue weighted by Crippen LogP contribution is -2.44. The van der Waals surface area contributed by atoms with E-state index in [4.69, 9.17) is 14.1 Å². The van der Waals surface area contributed by atoms with E-state index < -0.39 is 17.5 Å². The molecule has 2 heterocycles. The molecule has 132 valence electrons. The van der Waals surface area contributed by atoms with E-state index in [0.717, 1.165) is 6.26 Å². The van der Waals surface area contributed by atoms with E-state index in [1.54, 1.807) is 60.7 Å². The minimum atomic E-state index is -4.93. The number of alkyl halides is 3. The number of nitrogens with zero attached hydrogens (tertiary/aromatic N) is 2. The summed E-state index contributed by atoms with van der Waals surface area (Å²) in [4.78, 5) is 4.82. The first kappa shape index (κ1) is 16.2. The van der Waals surface area contributed by atoms with Gasteiger partial charge in [0, 0.05) is 11.1 Å². The van der Waals surface area contributed by atoms with E-state index in [9.17, 15) is 13.2 Å². The van der Waals surface area contributed by atoms with E-state index in [1.807, 2.05) is 0 Å². The van der Waals surface area contributed by atoms with Crippen LogP contribution in [0.25, 0.3) is 11.3 Å². The highest BCUT2D eigenvalue weighted by atomic mass is 19.4. The third-order valence-electron chi connectivity index (χ3n) is 3.86. The van der Waals surface area contributed by atoms with Gasteiger partial charge in [0.1, 0.15) is 17.5 Å². The van der Waals surface area contributed by atoms with Crippen LogP contribution >= 0.6 is 0 Å². The van der Waals surface area contributed by atoms with E-state index >= 15 is 0 Å². The molecule has 1 aliphatic rings. The molecule has 0 aliphatic carbocycles. The van der Waals surface area contributed by atoms with E-state index in [2.05, 4.69) is 10.3 Å². The van der Waals surface area contributed by atoms with Crippen LogP contribution in [0.15, 0.2) is 76.6 Å². The second kappa shape index (κ2) is 5.91. The zero-order valence-electron chi connectivity index (χ0n) is 13.1. The fourth-order valence-electron chi connectivity index (χ4n) is 2.61. The van der Waals surface area contributed by atoms with Crippen molar-refractivity contribution in [3.05, 3.63) is 78.1 Å². The van der Waals surface area contributed by atoms with Crippen molar-refractivity contribution in [2.24, 2.45) is 5.16 Å². The van der Waals surface area contributed by atoms with Gasteiger partial charge in [-0.3, -0.25) is 0 Å². The first-order chi connectivity index (χ1) is 12.5. The van der Waals surface area contributed by atoms with Gasteiger partial charge in [-0.05, 0) is 17.3 Å². The maximum atomic E-state index is 14.0. The largest absolute Gasteiger partial charge is 0.475 e. The van der Waals surface area contributed by atoms with Gasteiger partial charge in [0.05, 0.1) is 0 Å². The number of rotatable bonds is 3. The van der Waals surface area contributed by atoms with Crippen LogP contribution in [0.2, 0.25) is 0 Å². The number of aromatic nitrogens is 1. The van der Waals surface area contributed by atoms with Crippen LogP contribution < -0.4 is 0 Å². The molecule has 1 aliphatic heterocycles. The van der Waals surface area contributed by atoms with E-state index in [0.29, 0.717) is 11.1 Å². The zero-order chi connectivity index (χ0) is 18.2. The molecule has 4 rings (SSSR count). The summed E-state index contributed by atoms with van der Waals surface area (Å²) in [6.45, 7) is 0. The van der Waals surface area contributed by atoms with Gasteiger partial charge < -0.3 is 14.1 Å². The lowest BCUT2D eigenvalue weighted by Gasteiger charge is -2.27. The summed E-state index contributed by atoms with van der Waals surface area (Å²) in [5.74, 6) is -3.41. The third-order valence-corrected chi connectivity index (χ3v) is 3.86. The Morgan fingerprint density at radius 2 is 1.46 bits per heavy atom. The van der Waals surface area contributed by atoms with Crippen LogP contribution in [0.4, 0.5) is 13.2 Å². The quantitative estimate of drug-likeness (QED) is 0.692. The van der Waals surface area contributed by atoms with Crippen molar-refractivity contribution in [1.82, 2.24) is 5.16 Å². The SMILES string of the molecule is FC(F)(F)C1(c2conc2-c2ccccc2)ON=C(c2ccccc2)O1. The Kier molecular flexibility index (Phi) is 3.68. The van der Waals surface area contributed by atoms with Gasteiger partial charge in [0.25, 0.3) is 5.90 Å². The predicted octanol–water partition coefficient (Wildman–Crippen LogP) is 4.47. The predicted molar refractivity (Wildman–Crippen MR) is 84.8 cm³/mol. The number of oxime groups is 1. The smallest absolute Gasteiger partial charge is 0.418 e. The Balaban J connectivity index is 1.79. The Bertz CT molecular complexity index is 939. The summed E-state index contributed by atoms with van der Waals surface area (Å²) in [6, 6.07) is 16.5. The summed E-state index contributed by atoms with van der Waals surface area (Å²) in [7, 11) is 0. The second-order valence-corrected chi connectivity index (χ2v) is 5.51. The monoisotopic (exact) mass is 360 g/mol. The molecular formula is C18H11F3N2O3. The van der Waals surface area contributed by atoms with Crippen molar-refractivity contribution in [3.63, 3.8) is 0 Å². The molecule has 1 atom stereocenters. The average molecular weight is 360 g/mol. The third kappa shape index (κ3) is 2.50. The molecule has 5 nitrogen and oxygen atoms in total. The molecule has 0 radical (unpaired) electrons. The van der Waals surface area contributed by atoms with Crippen LogP contribution in [0.1, 0.15) is 11.1 Å². The molecule has 26 heavy (non-hydrogen) atoms. The van der Waals surface area contributed by atoms with Crippen LogP contribution in [-0.4, -0.2) is 17.2 Å². The van der Waals surface area contributed by atoms with Gasteiger partial charge in [-0.15, -0.1) is 0 Å². The van der Waals surface area contributed by atoms with Gasteiger partial charge in [-0.1, -0.05) is 53.7 Å². The van der Waals surface area contributed by atoms with Crippen LogP contribution in [0.5, 0.6) is 0 Å². The minimum absolute atomic E-state index is 0.0348. The number of hydrogen-bond acceptors (Lipinski definition) is 5. The Morgan fingerprint density at radius 3 is 2.08 bits per heavy atom. The first-order valence-electron chi connectivity index (χ1n) is 7.59. The molecule has 0 saturated carbocycles. The van der Waals surface area contributed by atoms with Gasteiger partial charge >= 0.3 is 12.0 Å². The highest BCUT2D eigenvalue weighted by molar-refractivity contribution is 5.94. The molecule has 0 N–H and O–H groups in total. The standard InChI is InChI=1S/C18H11F3N2O3/c19-18(20,21)17(25-16(23-26-17)13-9-5-2-6-10-13)14-11-24-22-15(14)12-7-3-1-4-8-12/h1-11H. The second-order valence-electron chi connectivity index (χ2n) is 5.51. The van der Waals surface area contributed by atoms with Gasteiger partial charge in [-0.2, -0.15) is 13.2 Å².